The van der Waals surface area contributed by atoms with E-state index in [1.807, 2.05) is 24.3 Å². The van der Waals surface area contributed by atoms with Gasteiger partial charge in [0.05, 0.1) is 10.0 Å². The van der Waals surface area contributed by atoms with Gasteiger partial charge < -0.3 is 5.32 Å². The summed E-state index contributed by atoms with van der Waals surface area (Å²) < 4.78 is 2.10. The van der Waals surface area contributed by atoms with Crippen LogP contribution in [-0.2, 0) is 6.42 Å². The fourth-order valence-corrected chi connectivity index (χ4v) is 3.98. The van der Waals surface area contributed by atoms with Crippen molar-refractivity contribution in [2.45, 2.75) is 19.4 Å². The molecule has 2 rings (SSSR count). The quantitative estimate of drug-likeness (QED) is 0.553. The van der Waals surface area contributed by atoms with Crippen molar-refractivity contribution >= 4 is 55.1 Å². The van der Waals surface area contributed by atoms with Crippen molar-refractivity contribution in [3.63, 3.8) is 0 Å². The summed E-state index contributed by atoms with van der Waals surface area (Å²) in [4.78, 5) is 0. The van der Waals surface area contributed by atoms with E-state index in [1.54, 1.807) is 0 Å². The van der Waals surface area contributed by atoms with E-state index in [0.717, 1.165) is 27.5 Å². The molecule has 0 saturated heterocycles. The third-order valence-electron chi connectivity index (χ3n) is 3.19. The molecule has 0 bridgehead atoms. The second kappa shape index (κ2) is 7.98. The molecule has 0 radical (unpaired) electrons. The molecule has 1 nitrogen and oxygen atoms in total. The predicted octanol–water partition coefficient (Wildman–Crippen LogP) is 6.41. The molecule has 2 aromatic carbocycles. The van der Waals surface area contributed by atoms with Gasteiger partial charge in [0.2, 0.25) is 0 Å². The normalized spacial score (nSPS) is 12.4. The summed E-state index contributed by atoms with van der Waals surface area (Å²) in [6.07, 6.45) is 0.788. The number of hydrogen-bond donors (Lipinski definition) is 1. The summed E-state index contributed by atoms with van der Waals surface area (Å²) in [7, 11) is 0. The Hall–Kier alpha value is -0.0600. The SMILES string of the molecule is CCNC(Cc1cccc(Cl)c1Cl)c1cc(Br)cc(Br)c1. The molecule has 0 amide bonds. The lowest BCUT2D eigenvalue weighted by molar-refractivity contribution is 0.549. The molecule has 0 aromatic heterocycles. The lowest BCUT2D eigenvalue weighted by Gasteiger charge is -2.20. The predicted molar refractivity (Wildman–Crippen MR) is 98.4 cm³/mol. The Kier molecular flexibility index (Phi) is 6.57. The van der Waals surface area contributed by atoms with Crippen LogP contribution < -0.4 is 5.32 Å². The smallest absolute Gasteiger partial charge is 0.0624 e. The van der Waals surface area contributed by atoms with Crippen LogP contribution in [0.5, 0.6) is 0 Å². The summed E-state index contributed by atoms with van der Waals surface area (Å²) in [5.74, 6) is 0. The van der Waals surface area contributed by atoms with E-state index < -0.39 is 0 Å². The van der Waals surface area contributed by atoms with Crippen molar-refractivity contribution in [2.24, 2.45) is 0 Å². The number of likely N-dealkylation sites (N-methyl/N-ethyl adjacent to an activating group) is 1. The van der Waals surface area contributed by atoms with Crippen LogP contribution in [0.15, 0.2) is 45.3 Å². The summed E-state index contributed by atoms with van der Waals surface area (Å²) in [5, 5.41) is 4.74. The van der Waals surface area contributed by atoms with Gasteiger partial charge >= 0.3 is 0 Å². The number of rotatable bonds is 5. The minimum atomic E-state index is 0.180. The summed E-state index contributed by atoms with van der Waals surface area (Å²) in [6.45, 7) is 2.98. The summed E-state index contributed by atoms with van der Waals surface area (Å²) in [5.41, 5.74) is 2.25. The van der Waals surface area contributed by atoms with Crippen molar-refractivity contribution in [1.29, 1.82) is 0 Å². The van der Waals surface area contributed by atoms with Gasteiger partial charge in [-0.25, -0.2) is 0 Å². The molecule has 1 N–H and O–H groups in total. The number of benzene rings is 2. The molecule has 0 aliphatic rings. The van der Waals surface area contributed by atoms with Crippen molar-refractivity contribution in [3.8, 4) is 0 Å². The lowest BCUT2D eigenvalue weighted by Crippen LogP contribution is -2.23. The maximum Gasteiger partial charge on any atom is 0.0624 e. The molecule has 2 aromatic rings. The van der Waals surface area contributed by atoms with Crippen LogP contribution >= 0.6 is 55.1 Å². The van der Waals surface area contributed by atoms with Gasteiger partial charge in [-0.1, -0.05) is 74.1 Å². The Morgan fingerprint density at radius 3 is 2.38 bits per heavy atom. The zero-order valence-corrected chi connectivity index (χ0v) is 16.2. The maximum atomic E-state index is 6.31. The van der Waals surface area contributed by atoms with Gasteiger partial charge in [-0.05, 0) is 48.4 Å². The van der Waals surface area contributed by atoms with E-state index >= 15 is 0 Å². The Morgan fingerprint density at radius 2 is 1.76 bits per heavy atom. The van der Waals surface area contributed by atoms with E-state index in [1.165, 1.54) is 5.56 Å². The van der Waals surface area contributed by atoms with Crippen molar-refractivity contribution in [1.82, 2.24) is 5.32 Å². The highest BCUT2D eigenvalue weighted by Crippen LogP contribution is 2.31. The topological polar surface area (TPSA) is 12.0 Å². The third-order valence-corrected chi connectivity index (χ3v) is 4.97. The van der Waals surface area contributed by atoms with Crippen molar-refractivity contribution in [2.75, 3.05) is 6.54 Å². The molecule has 112 valence electrons. The molecule has 0 aliphatic heterocycles. The summed E-state index contributed by atoms with van der Waals surface area (Å²) >= 11 is 19.5. The first kappa shape index (κ1) is 17.3. The molecule has 21 heavy (non-hydrogen) atoms. The van der Waals surface area contributed by atoms with Gasteiger partial charge in [-0.15, -0.1) is 0 Å². The van der Waals surface area contributed by atoms with E-state index in [9.17, 15) is 0 Å². The fraction of sp³-hybridized carbons (Fsp3) is 0.250. The molecule has 0 spiro atoms. The molecule has 0 saturated carbocycles. The zero-order chi connectivity index (χ0) is 15.4. The van der Waals surface area contributed by atoms with Gasteiger partial charge in [0.25, 0.3) is 0 Å². The average Bonchev–Trinajstić information content (AvgIpc) is 2.42. The zero-order valence-electron chi connectivity index (χ0n) is 11.5. The highest BCUT2D eigenvalue weighted by molar-refractivity contribution is 9.11. The Morgan fingerprint density at radius 1 is 1.10 bits per heavy atom. The van der Waals surface area contributed by atoms with Crippen molar-refractivity contribution in [3.05, 3.63) is 66.5 Å². The van der Waals surface area contributed by atoms with E-state index in [-0.39, 0.29) is 6.04 Å². The molecule has 1 unspecified atom stereocenters. The highest BCUT2D eigenvalue weighted by atomic mass is 79.9. The Balaban J connectivity index is 2.32. The second-order valence-electron chi connectivity index (χ2n) is 4.73. The molecule has 5 heteroatoms. The molecular weight excluding hydrogens is 437 g/mol. The second-order valence-corrected chi connectivity index (χ2v) is 7.35. The van der Waals surface area contributed by atoms with Crippen molar-refractivity contribution < 1.29 is 0 Å². The van der Waals surface area contributed by atoms with E-state index in [0.29, 0.717) is 10.0 Å². The first-order valence-electron chi connectivity index (χ1n) is 6.63. The maximum absolute atomic E-state index is 6.31. The van der Waals surface area contributed by atoms with Crippen LogP contribution in [0.2, 0.25) is 10.0 Å². The van der Waals surface area contributed by atoms with Crippen LogP contribution in [0.4, 0.5) is 0 Å². The highest BCUT2D eigenvalue weighted by Gasteiger charge is 2.15. The monoisotopic (exact) mass is 449 g/mol. The molecule has 1 atom stereocenters. The van der Waals surface area contributed by atoms with Gasteiger partial charge in [-0.3, -0.25) is 0 Å². The first-order valence-corrected chi connectivity index (χ1v) is 8.97. The fourth-order valence-electron chi connectivity index (χ4n) is 2.26. The van der Waals surface area contributed by atoms with Gasteiger partial charge in [0, 0.05) is 15.0 Å². The van der Waals surface area contributed by atoms with Gasteiger partial charge in [0.1, 0.15) is 0 Å². The minimum Gasteiger partial charge on any atom is -0.310 e. The standard InChI is InChI=1S/C16H15Br2Cl2N/c1-2-21-15(11-6-12(17)9-13(18)7-11)8-10-4-3-5-14(19)16(10)20/h3-7,9,15,21H,2,8H2,1H3. The van der Waals surface area contributed by atoms with Crippen LogP contribution in [0.1, 0.15) is 24.1 Å². The largest absolute Gasteiger partial charge is 0.310 e. The third kappa shape index (κ3) is 4.70. The number of nitrogens with one attached hydrogen (secondary N) is 1. The number of hydrogen-bond acceptors (Lipinski definition) is 1. The summed E-state index contributed by atoms with van der Waals surface area (Å²) in [6, 6.07) is 12.2. The van der Waals surface area contributed by atoms with Crippen LogP contribution in [-0.4, -0.2) is 6.54 Å². The molecular formula is C16H15Br2Cl2N. The van der Waals surface area contributed by atoms with Gasteiger partial charge in [0.15, 0.2) is 0 Å². The Bertz CT molecular complexity index is 611. The lowest BCUT2D eigenvalue weighted by atomic mass is 9.99. The van der Waals surface area contributed by atoms with Gasteiger partial charge in [-0.2, -0.15) is 0 Å². The molecule has 0 fully saturated rings. The molecule has 0 heterocycles. The Labute approximate surface area is 152 Å². The van der Waals surface area contributed by atoms with Crippen LogP contribution in [0.25, 0.3) is 0 Å². The van der Waals surface area contributed by atoms with E-state index in [4.69, 9.17) is 23.2 Å². The number of halogens is 4. The van der Waals surface area contributed by atoms with Crippen LogP contribution in [0, 0.1) is 0 Å². The minimum absolute atomic E-state index is 0.180. The first-order chi connectivity index (χ1) is 10.0. The average molecular weight is 452 g/mol. The van der Waals surface area contributed by atoms with E-state index in [2.05, 4.69) is 56.2 Å². The van der Waals surface area contributed by atoms with Crippen LogP contribution in [0.3, 0.4) is 0 Å². The molecule has 0 aliphatic carbocycles.